The van der Waals surface area contributed by atoms with Crippen molar-refractivity contribution in [3.63, 3.8) is 0 Å². The molecule has 0 spiro atoms. The van der Waals surface area contributed by atoms with Crippen LogP contribution in [0, 0.1) is 0 Å². The van der Waals surface area contributed by atoms with E-state index in [2.05, 4.69) is 46.2 Å². The fraction of sp³-hybridized carbons (Fsp3) is 0.333. The molecular formula is C18H18N2. The number of hydrogen-bond donors (Lipinski definition) is 0. The van der Waals surface area contributed by atoms with Crippen molar-refractivity contribution in [3.05, 3.63) is 47.5 Å². The molecule has 0 atom stereocenters. The highest BCUT2D eigenvalue weighted by Gasteiger charge is 2.34. The molecule has 0 aromatic heterocycles. The maximum absolute atomic E-state index is 2.56. The third kappa shape index (κ3) is 1.24. The lowest BCUT2D eigenvalue weighted by atomic mass is 9.89. The van der Waals surface area contributed by atoms with Gasteiger partial charge in [0.05, 0.1) is 22.7 Å². The van der Waals surface area contributed by atoms with Gasteiger partial charge in [0.15, 0.2) is 0 Å². The van der Waals surface area contributed by atoms with Gasteiger partial charge in [0.2, 0.25) is 0 Å². The highest BCUT2D eigenvalue weighted by Crippen LogP contribution is 2.53. The molecule has 0 saturated carbocycles. The van der Waals surface area contributed by atoms with Gasteiger partial charge in [0.25, 0.3) is 0 Å². The molecule has 2 aromatic carbocycles. The zero-order chi connectivity index (χ0) is 13.1. The monoisotopic (exact) mass is 262 g/mol. The fourth-order valence-corrected chi connectivity index (χ4v) is 4.15. The number of benzene rings is 2. The molecular weight excluding hydrogens is 244 g/mol. The Morgan fingerprint density at radius 3 is 1.65 bits per heavy atom. The zero-order valence-corrected chi connectivity index (χ0v) is 11.6. The largest absolute Gasteiger partial charge is 0.338 e. The van der Waals surface area contributed by atoms with E-state index in [0.29, 0.717) is 0 Å². The molecule has 3 aliphatic rings. The van der Waals surface area contributed by atoms with E-state index in [1.54, 1.807) is 0 Å². The van der Waals surface area contributed by atoms with Crippen molar-refractivity contribution < 1.29 is 0 Å². The Morgan fingerprint density at radius 1 is 0.650 bits per heavy atom. The molecule has 0 fully saturated rings. The summed E-state index contributed by atoms with van der Waals surface area (Å²) in [6.45, 7) is 2.32. The predicted octanol–water partition coefficient (Wildman–Crippen LogP) is 4.17. The zero-order valence-electron chi connectivity index (χ0n) is 11.6. The molecule has 0 aliphatic carbocycles. The first kappa shape index (κ1) is 10.8. The van der Waals surface area contributed by atoms with Crippen LogP contribution in [-0.2, 0) is 12.8 Å². The van der Waals surface area contributed by atoms with Crippen molar-refractivity contribution in [2.24, 2.45) is 0 Å². The minimum Gasteiger partial charge on any atom is -0.338 e. The van der Waals surface area contributed by atoms with Gasteiger partial charge in [-0.15, -0.1) is 0 Å². The van der Waals surface area contributed by atoms with E-state index in [4.69, 9.17) is 0 Å². The fourth-order valence-electron chi connectivity index (χ4n) is 4.15. The third-order valence-corrected chi connectivity index (χ3v) is 4.98. The second-order valence-corrected chi connectivity index (χ2v) is 6.08. The number of nitrogens with zero attached hydrogens (tertiary/aromatic N) is 2. The predicted molar refractivity (Wildman–Crippen MR) is 83.5 cm³/mol. The summed E-state index contributed by atoms with van der Waals surface area (Å²) < 4.78 is 0. The summed E-state index contributed by atoms with van der Waals surface area (Å²) in [7, 11) is 0. The van der Waals surface area contributed by atoms with Crippen LogP contribution in [-0.4, -0.2) is 13.1 Å². The number of rotatable bonds is 0. The van der Waals surface area contributed by atoms with Crippen LogP contribution in [0.3, 0.4) is 0 Å². The van der Waals surface area contributed by atoms with Gasteiger partial charge in [-0.05, 0) is 48.9 Å². The van der Waals surface area contributed by atoms with Crippen molar-refractivity contribution in [2.45, 2.75) is 25.7 Å². The second kappa shape index (κ2) is 3.78. The molecule has 0 radical (unpaired) electrons. The average Bonchev–Trinajstić information content (AvgIpc) is 2.53. The van der Waals surface area contributed by atoms with Gasteiger partial charge in [-0.25, -0.2) is 0 Å². The molecule has 0 amide bonds. The molecule has 0 N–H and O–H groups in total. The van der Waals surface area contributed by atoms with Gasteiger partial charge in [-0.1, -0.05) is 24.3 Å². The van der Waals surface area contributed by atoms with Crippen LogP contribution in [0.25, 0.3) is 0 Å². The van der Waals surface area contributed by atoms with Crippen LogP contribution >= 0.6 is 0 Å². The molecule has 100 valence electrons. The molecule has 3 heterocycles. The number of fused-ring (bicyclic) bond motifs is 3. The van der Waals surface area contributed by atoms with Gasteiger partial charge in [0, 0.05) is 13.1 Å². The standard InChI is InChI=1S/C18H18N2/c1-2-8-16-15(7-1)19-11-3-5-13-9-10-14-6-4-12-20(16)18(14)17(13)19/h1-2,7-10H,3-6,11-12H2. The highest BCUT2D eigenvalue weighted by atomic mass is 15.3. The smallest absolute Gasteiger partial charge is 0.0688 e. The summed E-state index contributed by atoms with van der Waals surface area (Å²) in [4.78, 5) is 5.13. The Bertz CT molecular complexity index is 645. The maximum atomic E-state index is 2.56. The van der Waals surface area contributed by atoms with Gasteiger partial charge in [0.1, 0.15) is 0 Å². The Hall–Kier alpha value is -1.96. The second-order valence-electron chi connectivity index (χ2n) is 6.08. The van der Waals surface area contributed by atoms with Crippen LogP contribution in [0.2, 0.25) is 0 Å². The van der Waals surface area contributed by atoms with Gasteiger partial charge < -0.3 is 9.80 Å². The lowest BCUT2D eigenvalue weighted by Crippen LogP contribution is -2.36. The van der Waals surface area contributed by atoms with E-state index in [-0.39, 0.29) is 0 Å². The molecule has 2 aromatic rings. The van der Waals surface area contributed by atoms with Gasteiger partial charge in [-0.2, -0.15) is 0 Å². The summed E-state index contributed by atoms with van der Waals surface area (Å²) in [5.41, 5.74) is 8.90. The SMILES string of the molecule is c1ccc2c(c1)N1CCCc3ccc4c(c31)N2CCC4. The number of aryl methyl sites for hydroxylation is 2. The molecule has 20 heavy (non-hydrogen) atoms. The normalized spacial score (nSPS) is 18.6. The topological polar surface area (TPSA) is 6.48 Å². The van der Waals surface area contributed by atoms with E-state index in [9.17, 15) is 0 Å². The van der Waals surface area contributed by atoms with E-state index in [1.165, 1.54) is 59.6 Å². The Morgan fingerprint density at radius 2 is 1.15 bits per heavy atom. The number of anilines is 4. The van der Waals surface area contributed by atoms with Crippen molar-refractivity contribution in [3.8, 4) is 0 Å². The van der Waals surface area contributed by atoms with E-state index in [1.807, 2.05) is 0 Å². The van der Waals surface area contributed by atoms with Crippen molar-refractivity contribution >= 4 is 22.7 Å². The first-order valence-corrected chi connectivity index (χ1v) is 7.72. The number of hydrogen-bond acceptors (Lipinski definition) is 2. The summed E-state index contributed by atoms with van der Waals surface area (Å²) in [6, 6.07) is 13.7. The van der Waals surface area contributed by atoms with Crippen molar-refractivity contribution in [1.82, 2.24) is 0 Å². The lowest BCUT2D eigenvalue weighted by molar-refractivity contribution is 0.721. The van der Waals surface area contributed by atoms with Crippen LogP contribution < -0.4 is 9.80 Å². The summed E-state index contributed by atoms with van der Waals surface area (Å²) in [5, 5.41) is 0. The Labute approximate surface area is 119 Å². The number of para-hydroxylation sites is 2. The van der Waals surface area contributed by atoms with E-state index >= 15 is 0 Å². The van der Waals surface area contributed by atoms with Crippen LogP contribution in [0.15, 0.2) is 36.4 Å². The first-order chi connectivity index (χ1) is 9.93. The van der Waals surface area contributed by atoms with Crippen molar-refractivity contribution in [2.75, 3.05) is 22.9 Å². The van der Waals surface area contributed by atoms with Gasteiger partial charge in [-0.3, -0.25) is 0 Å². The summed E-state index contributed by atoms with van der Waals surface area (Å²) in [6.07, 6.45) is 4.99. The average molecular weight is 262 g/mol. The molecule has 2 nitrogen and oxygen atoms in total. The quantitative estimate of drug-likeness (QED) is 0.703. The summed E-state index contributed by atoms with van der Waals surface area (Å²) in [5.74, 6) is 0. The van der Waals surface area contributed by atoms with Gasteiger partial charge >= 0.3 is 0 Å². The Balaban J connectivity index is 1.87. The molecule has 0 saturated heterocycles. The van der Waals surface area contributed by atoms with Crippen molar-refractivity contribution in [1.29, 1.82) is 0 Å². The molecule has 0 unspecified atom stereocenters. The van der Waals surface area contributed by atoms with E-state index in [0.717, 1.165) is 13.1 Å². The van der Waals surface area contributed by atoms with Crippen LogP contribution in [0.4, 0.5) is 22.7 Å². The molecule has 5 rings (SSSR count). The minimum atomic E-state index is 1.16. The highest BCUT2D eigenvalue weighted by molar-refractivity contribution is 5.96. The molecule has 0 bridgehead atoms. The maximum Gasteiger partial charge on any atom is 0.0688 e. The first-order valence-electron chi connectivity index (χ1n) is 7.72. The van der Waals surface area contributed by atoms with E-state index < -0.39 is 0 Å². The minimum absolute atomic E-state index is 1.16. The molecule has 3 aliphatic heterocycles. The summed E-state index contributed by atoms with van der Waals surface area (Å²) >= 11 is 0. The lowest BCUT2D eigenvalue weighted by Gasteiger charge is -2.46. The molecule has 2 heteroatoms. The van der Waals surface area contributed by atoms with Crippen LogP contribution in [0.5, 0.6) is 0 Å². The third-order valence-electron chi connectivity index (χ3n) is 4.98. The van der Waals surface area contributed by atoms with Crippen LogP contribution in [0.1, 0.15) is 24.0 Å². The Kier molecular flexibility index (Phi) is 2.04.